The van der Waals surface area contributed by atoms with Gasteiger partial charge in [0.25, 0.3) is 0 Å². The Labute approximate surface area is 151 Å². The van der Waals surface area contributed by atoms with Crippen molar-refractivity contribution in [2.75, 3.05) is 32.7 Å². The highest BCUT2D eigenvalue weighted by molar-refractivity contribution is 5.84. The fourth-order valence-corrected chi connectivity index (χ4v) is 3.51. The third-order valence-corrected chi connectivity index (χ3v) is 5.72. The highest BCUT2D eigenvalue weighted by Gasteiger charge is 2.38. The van der Waals surface area contributed by atoms with Crippen LogP contribution in [0.4, 0.5) is 0 Å². The number of carbonyl (C=O) groups excluding carboxylic acids is 2. The van der Waals surface area contributed by atoms with Crippen molar-refractivity contribution in [3.63, 3.8) is 0 Å². The van der Waals surface area contributed by atoms with Gasteiger partial charge in [-0.3, -0.25) is 9.59 Å². The molecule has 1 aliphatic heterocycles. The standard InChI is InChI=1S/C20H31N3O2/c1-4-20(5-2,15-21)19(25)23-12-10-22(11-13-23)18(24)14-17-9-7-6-8-16(17)3/h6-9H,4-5,10-15,21H2,1-3H3. The molecule has 0 radical (unpaired) electrons. The summed E-state index contributed by atoms with van der Waals surface area (Å²) in [7, 11) is 0. The number of hydrogen-bond acceptors (Lipinski definition) is 3. The quantitative estimate of drug-likeness (QED) is 0.857. The van der Waals surface area contributed by atoms with E-state index in [-0.39, 0.29) is 11.8 Å². The van der Waals surface area contributed by atoms with E-state index >= 15 is 0 Å². The summed E-state index contributed by atoms with van der Waals surface area (Å²) in [6, 6.07) is 7.99. The van der Waals surface area contributed by atoms with E-state index in [1.165, 1.54) is 0 Å². The first kappa shape index (κ1) is 19.4. The highest BCUT2D eigenvalue weighted by Crippen LogP contribution is 2.28. The molecule has 1 aromatic rings. The van der Waals surface area contributed by atoms with Gasteiger partial charge >= 0.3 is 0 Å². The number of nitrogens with zero attached hydrogens (tertiary/aromatic N) is 2. The molecular formula is C20H31N3O2. The van der Waals surface area contributed by atoms with Crippen LogP contribution < -0.4 is 5.73 Å². The van der Waals surface area contributed by atoms with Crippen LogP contribution in [0.5, 0.6) is 0 Å². The summed E-state index contributed by atoms with van der Waals surface area (Å²) in [5.74, 6) is 0.281. The lowest BCUT2D eigenvalue weighted by Crippen LogP contribution is -2.55. The van der Waals surface area contributed by atoms with E-state index in [4.69, 9.17) is 5.73 Å². The normalized spacial score (nSPS) is 15.4. The first-order chi connectivity index (χ1) is 12.0. The van der Waals surface area contributed by atoms with E-state index in [0.717, 1.165) is 24.0 Å². The summed E-state index contributed by atoms with van der Waals surface area (Å²) in [6.07, 6.45) is 1.94. The molecule has 2 N–H and O–H groups in total. The zero-order valence-electron chi connectivity index (χ0n) is 15.8. The summed E-state index contributed by atoms with van der Waals surface area (Å²) in [5, 5.41) is 0. The third kappa shape index (κ3) is 4.21. The van der Waals surface area contributed by atoms with Crippen molar-refractivity contribution in [1.29, 1.82) is 0 Å². The maximum Gasteiger partial charge on any atom is 0.230 e. The van der Waals surface area contributed by atoms with E-state index < -0.39 is 5.41 Å². The van der Waals surface area contributed by atoms with Gasteiger partial charge < -0.3 is 15.5 Å². The SMILES string of the molecule is CCC(CC)(CN)C(=O)N1CCN(C(=O)Cc2ccccc2C)CC1. The van der Waals surface area contributed by atoms with Crippen LogP contribution in [0.25, 0.3) is 0 Å². The zero-order chi connectivity index (χ0) is 18.4. The minimum absolute atomic E-state index is 0.137. The molecule has 0 unspecified atom stereocenters. The second-order valence-electron chi connectivity index (χ2n) is 6.97. The Morgan fingerprint density at radius 2 is 1.60 bits per heavy atom. The highest BCUT2D eigenvalue weighted by atomic mass is 16.2. The predicted molar refractivity (Wildman–Crippen MR) is 100 cm³/mol. The molecule has 1 fully saturated rings. The van der Waals surface area contributed by atoms with Gasteiger partial charge in [0, 0.05) is 32.7 Å². The van der Waals surface area contributed by atoms with Gasteiger partial charge in [-0.2, -0.15) is 0 Å². The van der Waals surface area contributed by atoms with Crippen LogP contribution in [0, 0.1) is 12.3 Å². The van der Waals surface area contributed by atoms with E-state index in [9.17, 15) is 9.59 Å². The van der Waals surface area contributed by atoms with Crippen LogP contribution >= 0.6 is 0 Å². The van der Waals surface area contributed by atoms with Crippen molar-refractivity contribution < 1.29 is 9.59 Å². The molecule has 5 nitrogen and oxygen atoms in total. The van der Waals surface area contributed by atoms with E-state index in [2.05, 4.69) is 0 Å². The summed E-state index contributed by atoms with van der Waals surface area (Å²) in [5.41, 5.74) is 7.67. The van der Waals surface area contributed by atoms with Crippen LogP contribution in [0.2, 0.25) is 0 Å². The third-order valence-electron chi connectivity index (χ3n) is 5.72. The fourth-order valence-electron chi connectivity index (χ4n) is 3.51. The summed E-state index contributed by atoms with van der Waals surface area (Å²) < 4.78 is 0. The van der Waals surface area contributed by atoms with Gasteiger partial charge in [-0.05, 0) is 30.9 Å². The molecule has 1 aliphatic rings. The Morgan fingerprint density at radius 3 is 2.12 bits per heavy atom. The number of rotatable bonds is 6. The number of aryl methyl sites for hydroxylation is 1. The van der Waals surface area contributed by atoms with Gasteiger partial charge in [0.05, 0.1) is 11.8 Å². The monoisotopic (exact) mass is 345 g/mol. The lowest BCUT2D eigenvalue weighted by Gasteiger charge is -2.40. The number of amides is 2. The Bertz CT molecular complexity index is 594. The van der Waals surface area contributed by atoms with Crippen molar-refractivity contribution in [1.82, 2.24) is 9.80 Å². The lowest BCUT2D eigenvalue weighted by molar-refractivity contribution is -0.147. The number of carbonyl (C=O) groups is 2. The molecule has 0 saturated carbocycles. The topological polar surface area (TPSA) is 66.6 Å². The molecule has 2 amide bonds. The largest absolute Gasteiger partial charge is 0.339 e. The molecule has 1 aromatic carbocycles. The van der Waals surface area contributed by atoms with E-state index in [1.807, 2.05) is 54.8 Å². The van der Waals surface area contributed by atoms with Crippen LogP contribution in [-0.4, -0.2) is 54.3 Å². The number of nitrogens with two attached hydrogens (primary N) is 1. The van der Waals surface area contributed by atoms with Gasteiger partial charge in [0.2, 0.25) is 11.8 Å². The van der Waals surface area contributed by atoms with Gasteiger partial charge in [-0.1, -0.05) is 38.1 Å². The Morgan fingerprint density at radius 1 is 1.04 bits per heavy atom. The number of piperazine rings is 1. The van der Waals surface area contributed by atoms with Crippen molar-refractivity contribution in [3.8, 4) is 0 Å². The molecule has 2 rings (SSSR count). The first-order valence-corrected chi connectivity index (χ1v) is 9.29. The molecule has 0 aliphatic carbocycles. The van der Waals surface area contributed by atoms with Crippen molar-refractivity contribution in [2.24, 2.45) is 11.1 Å². The van der Waals surface area contributed by atoms with Crippen LogP contribution in [0.1, 0.15) is 37.8 Å². The van der Waals surface area contributed by atoms with Gasteiger partial charge in [-0.15, -0.1) is 0 Å². The second-order valence-corrected chi connectivity index (χ2v) is 6.97. The minimum Gasteiger partial charge on any atom is -0.339 e. The first-order valence-electron chi connectivity index (χ1n) is 9.29. The average molecular weight is 345 g/mol. The molecular weight excluding hydrogens is 314 g/mol. The zero-order valence-corrected chi connectivity index (χ0v) is 15.8. The second kappa shape index (κ2) is 8.48. The van der Waals surface area contributed by atoms with Gasteiger partial charge in [-0.25, -0.2) is 0 Å². The van der Waals surface area contributed by atoms with Crippen LogP contribution in [-0.2, 0) is 16.0 Å². The van der Waals surface area contributed by atoms with Crippen LogP contribution in [0.3, 0.4) is 0 Å². The molecule has 0 aromatic heterocycles. The smallest absolute Gasteiger partial charge is 0.230 e. The molecule has 1 heterocycles. The van der Waals surface area contributed by atoms with Crippen LogP contribution in [0.15, 0.2) is 24.3 Å². The molecule has 138 valence electrons. The van der Waals surface area contributed by atoms with Gasteiger partial charge in [0.15, 0.2) is 0 Å². The molecule has 0 bridgehead atoms. The van der Waals surface area contributed by atoms with E-state index in [0.29, 0.717) is 39.1 Å². The Kier molecular flexibility index (Phi) is 6.59. The summed E-state index contributed by atoms with van der Waals surface area (Å²) in [4.78, 5) is 29.2. The maximum absolute atomic E-state index is 12.9. The number of hydrogen-bond donors (Lipinski definition) is 1. The minimum atomic E-state index is -0.451. The average Bonchev–Trinajstić information content (AvgIpc) is 2.65. The van der Waals surface area contributed by atoms with Crippen molar-refractivity contribution in [2.45, 2.75) is 40.0 Å². The van der Waals surface area contributed by atoms with E-state index in [1.54, 1.807) is 0 Å². The summed E-state index contributed by atoms with van der Waals surface area (Å²) >= 11 is 0. The summed E-state index contributed by atoms with van der Waals surface area (Å²) in [6.45, 7) is 8.86. The lowest BCUT2D eigenvalue weighted by atomic mass is 9.81. The fraction of sp³-hybridized carbons (Fsp3) is 0.600. The Hall–Kier alpha value is -1.88. The molecule has 0 atom stereocenters. The number of benzene rings is 1. The predicted octanol–water partition coefficient (Wildman–Crippen LogP) is 1.97. The molecule has 5 heteroatoms. The van der Waals surface area contributed by atoms with Crippen molar-refractivity contribution in [3.05, 3.63) is 35.4 Å². The Balaban J connectivity index is 1.94. The van der Waals surface area contributed by atoms with Gasteiger partial charge in [0.1, 0.15) is 0 Å². The molecule has 0 spiro atoms. The maximum atomic E-state index is 12.9. The molecule has 25 heavy (non-hydrogen) atoms. The van der Waals surface area contributed by atoms with Crippen molar-refractivity contribution >= 4 is 11.8 Å². The molecule has 1 saturated heterocycles.